The standard InChI is InChI=1S/C14H16O5/c1-16-13(15)14(8-17-9-14)10-3-4-11-12(7-10)19-6-2-5-18-11/h3-4,7H,2,5-6,8-9H2,1H3. The van der Waals surface area contributed by atoms with Crippen molar-refractivity contribution in [3.8, 4) is 11.5 Å². The maximum atomic E-state index is 12.0. The number of hydrogen-bond acceptors (Lipinski definition) is 5. The maximum Gasteiger partial charge on any atom is 0.321 e. The van der Waals surface area contributed by atoms with E-state index in [0.717, 1.165) is 17.7 Å². The lowest BCUT2D eigenvalue weighted by molar-refractivity contribution is -0.166. The fourth-order valence-corrected chi connectivity index (χ4v) is 2.36. The molecule has 0 aliphatic carbocycles. The SMILES string of the molecule is COC(=O)C1(c2ccc3c(c2)OCCCO3)COC1. The number of hydrogen-bond donors (Lipinski definition) is 0. The van der Waals surface area contributed by atoms with E-state index in [1.807, 2.05) is 18.2 Å². The number of esters is 1. The summed E-state index contributed by atoms with van der Waals surface area (Å²) in [5.74, 6) is 1.14. The first-order valence-electron chi connectivity index (χ1n) is 6.32. The van der Waals surface area contributed by atoms with E-state index < -0.39 is 5.41 Å². The fraction of sp³-hybridized carbons (Fsp3) is 0.500. The lowest BCUT2D eigenvalue weighted by atomic mass is 9.78. The van der Waals surface area contributed by atoms with Crippen molar-refractivity contribution in [3.05, 3.63) is 23.8 Å². The molecular weight excluding hydrogens is 248 g/mol. The van der Waals surface area contributed by atoms with Crippen LogP contribution in [-0.2, 0) is 19.7 Å². The van der Waals surface area contributed by atoms with Gasteiger partial charge in [-0.05, 0) is 17.7 Å². The molecule has 5 nitrogen and oxygen atoms in total. The molecule has 0 amide bonds. The van der Waals surface area contributed by atoms with E-state index in [1.54, 1.807) is 0 Å². The molecule has 0 bridgehead atoms. The summed E-state index contributed by atoms with van der Waals surface area (Å²) in [6, 6.07) is 5.59. The number of carbonyl (C=O) groups is 1. The van der Waals surface area contributed by atoms with Crippen LogP contribution in [0.3, 0.4) is 0 Å². The Morgan fingerprint density at radius 3 is 2.58 bits per heavy atom. The third-order valence-corrected chi connectivity index (χ3v) is 3.57. The van der Waals surface area contributed by atoms with Gasteiger partial charge in [-0.2, -0.15) is 0 Å². The van der Waals surface area contributed by atoms with Crippen molar-refractivity contribution < 1.29 is 23.7 Å². The lowest BCUT2D eigenvalue weighted by Gasteiger charge is -2.39. The Labute approximate surface area is 111 Å². The molecule has 2 heterocycles. The summed E-state index contributed by atoms with van der Waals surface area (Å²) in [6.07, 6.45) is 0.856. The van der Waals surface area contributed by atoms with Gasteiger partial charge >= 0.3 is 5.97 Å². The first kappa shape index (κ1) is 12.3. The summed E-state index contributed by atoms with van der Waals surface area (Å²) in [4.78, 5) is 12.0. The van der Waals surface area contributed by atoms with Crippen LogP contribution >= 0.6 is 0 Å². The van der Waals surface area contributed by atoms with Gasteiger partial charge in [0.15, 0.2) is 11.5 Å². The van der Waals surface area contributed by atoms with Gasteiger partial charge in [-0.25, -0.2) is 0 Å². The molecule has 3 rings (SSSR count). The summed E-state index contributed by atoms with van der Waals surface area (Å²) in [7, 11) is 1.39. The zero-order valence-electron chi connectivity index (χ0n) is 10.8. The predicted octanol–water partition coefficient (Wildman–Crippen LogP) is 1.29. The number of methoxy groups -OCH3 is 1. The molecule has 1 aromatic rings. The first-order chi connectivity index (χ1) is 9.26. The topological polar surface area (TPSA) is 54.0 Å². The zero-order valence-corrected chi connectivity index (χ0v) is 10.8. The molecule has 0 spiro atoms. The van der Waals surface area contributed by atoms with Gasteiger partial charge in [0.05, 0.1) is 33.5 Å². The summed E-state index contributed by atoms with van der Waals surface area (Å²) >= 11 is 0. The lowest BCUT2D eigenvalue weighted by Crippen LogP contribution is -2.53. The highest BCUT2D eigenvalue weighted by Crippen LogP contribution is 2.39. The number of benzene rings is 1. The highest BCUT2D eigenvalue weighted by molar-refractivity contribution is 5.85. The van der Waals surface area contributed by atoms with Gasteiger partial charge in [0, 0.05) is 6.42 Å². The Morgan fingerprint density at radius 2 is 1.95 bits per heavy atom. The smallest absolute Gasteiger partial charge is 0.321 e. The van der Waals surface area contributed by atoms with E-state index in [1.165, 1.54) is 7.11 Å². The second kappa shape index (κ2) is 4.74. The van der Waals surface area contributed by atoms with E-state index >= 15 is 0 Å². The van der Waals surface area contributed by atoms with Crippen LogP contribution in [0.5, 0.6) is 11.5 Å². The summed E-state index contributed by atoms with van der Waals surface area (Å²) in [6.45, 7) is 1.97. The fourth-order valence-electron chi connectivity index (χ4n) is 2.36. The minimum atomic E-state index is -0.695. The molecular formula is C14H16O5. The normalized spacial score (nSPS) is 20.1. The summed E-state index contributed by atoms with van der Waals surface area (Å²) in [5, 5.41) is 0. The van der Waals surface area contributed by atoms with E-state index in [4.69, 9.17) is 18.9 Å². The quantitative estimate of drug-likeness (QED) is 0.753. The van der Waals surface area contributed by atoms with Crippen LogP contribution in [0.4, 0.5) is 0 Å². The van der Waals surface area contributed by atoms with Crippen LogP contribution in [0, 0.1) is 0 Å². The molecule has 1 saturated heterocycles. The average molecular weight is 264 g/mol. The molecule has 0 saturated carbocycles. The van der Waals surface area contributed by atoms with Gasteiger partial charge in [-0.1, -0.05) is 6.07 Å². The number of ether oxygens (including phenoxy) is 4. The van der Waals surface area contributed by atoms with Crippen LogP contribution in [0.2, 0.25) is 0 Å². The van der Waals surface area contributed by atoms with Crippen LogP contribution in [0.15, 0.2) is 18.2 Å². The molecule has 1 aromatic carbocycles. The molecule has 0 atom stereocenters. The zero-order chi connectivity index (χ0) is 13.3. The molecule has 0 N–H and O–H groups in total. The first-order valence-corrected chi connectivity index (χ1v) is 6.32. The average Bonchev–Trinajstić information content (AvgIpc) is 2.61. The molecule has 2 aliphatic rings. The summed E-state index contributed by atoms with van der Waals surface area (Å²) in [5.41, 5.74) is 0.161. The molecule has 0 unspecified atom stereocenters. The molecule has 2 aliphatic heterocycles. The monoisotopic (exact) mass is 264 g/mol. The molecule has 19 heavy (non-hydrogen) atoms. The maximum absolute atomic E-state index is 12.0. The van der Waals surface area contributed by atoms with Gasteiger partial charge in [0.2, 0.25) is 0 Å². The second-order valence-corrected chi connectivity index (χ2v) is 4.78. The molecule has 1 fully saturated rings. The van der Waals surface area contributed by atoms with Crippen molar-refractivity contribution in [1.82, 2.24) is 0 Å². The van der Waals surface area contributed by atoms with Gasteiger partial charge in [0.1, 0.15) is 5.41 Å². The van der Waals surface area contributed by atoms with Crippen molar-refractivity contribution in [2.45, 2.75) is 11.8 Å². The van der Waals surface area contributed by atoms with Crippen molar-refractivity contribution in [1.29, 1.82) is 0 Å². The third kappa shape index (κ3) is 1.94. The van der Waals surface area contributed by atoms with E-state index in [-0.39, 0.29) is 5.97 Å². The van der Waals surface area contributed by atoms with Crippen LogP contribution in [0.25, 0.3) is 0 Å². The van der Waals surface area contributed by atoms with Crippen LogP contribution < -0.4 is 9.47 Å². The van der Waals surface area contributed by atoms with E-state index in [2.05, 4.69) is 0 Å². The number of carbonyl (C=O) groups excluding carboxylic acids is 1. The second-order valence-electron chi connectivity index (χ2n) is 4.78. The molecule has 0 aromatic heterocycles. The Hall–Kier alpha value is -1.75. The van der Waals surface area contributed by atoms with Crippen molar-refractivity contribution in [2.24, 2.45) is 0 Å². The van der Waals surface area contributed by atoms with Gasteiger partial charge < -0.3 is 18.9 Å². The van der Waals surface area contributed by atoms with Crippen LogP contribution in [-0.4, -0.2) is 39.5 Å². The van der Waals surface area contributed by atoms with E-state index in [9.17, 15) is 4.79 Å². The highest BCUT2D eigenvalue weighted by atomic mass is 16.5. The van der Waals surface area contributed by atoms with Gasteiger partial charge in [-0.3, -0.25) is 4.79 Å². The number of fused-ring (bicyclic) bond motifs is 1. The number of rotatable bonds is 2. The summed E-state index contributed by atoms with van der Waals surface area (Å²) < 4.78 is 21.3. The van der Waals surface area contributed by atoms with Gasteiger partial charge in [0.25, 0.3) is 0 Å². The molecule has 0 radical (unpaired) electrons. The van der Waals surface area contributed by atoms with Crippen molar-refractivity contribution >= 4 is 5.97 Å². The van der Waals surface area contributed by atoms with Gasteiger partial charge in [-0.15, -0.1) is 0 Å². The molecule has 5 heteroatoms. The van der Waals surface area contributed by atoms with Crippen molar-refractivity contribution in [2.75, 3.05) is 33.5 Å². The largest absolute Gasteiger partial charge is 0.490 e. The van der Waals surface area contributed by atoms with Crippen LogP contribution in [0.1, 0.15) is 12.0 Å². The third-order valence-electron chi connectivity index (χ3n) is 3.57. The van der Waals surface area contributed by atoms with Crippen molar-refractivity contribution in [3.63, 3.8) is 0 Å². The predicted molar refractivity (Wildman–Crippen MR) is 66.6 cm³/mol. The Bertz CT molecular complexity index is 493. The minimum absolute atomic E-state index is 0.270. The van der Waals surface area contributed by atoms with E-state index in [0.29, 0.717) is 32.2 Å². The highest BCUT2D eigenvalue weighted by Gasteiger charge is 2.49. The Kier molecular flexibility index (Phi) is 3.06. The Morgan fingerprint density at radius 1 is 1.21 bits per heavy atom. The Balaban J connectivity index is 1.97. The minimum Gasteiger partial charge on any atom is -0.490 e. The molecule has 102 valence electrons.